The van der Waals surface area contributed by atoms with E-state index in [-0.39, 0.29) is 23.5 Å². The summed E-state index contributed by atoms with van der Waals surface area (Å²) in [7, 11) is 0. The number of carboxylic acid groups (broad SMARTS) is 1. The lowest BCUT2D eigenvalue weighted by atomic mass is 10.1. The van der Waals surface area contributed by atoms with Crippen LogP contribution in [0, 0.1) is 0 Å². The molecular formula is C20H17BrN2O6. The number of fused-ring (bicyclic) bond motifs is 1. The second-order valence-corrected chi connectivity index (χ2v) is 7.23. The fourth-order valence-electron chi connectivity index (χ4n) is 2.84. The Morgan fingerprint density at radius 3 is 2.52 bits per heavy atom. The predicted octanol–water partition coefficient (Wildman–Crippen LogP) is 2.99. The van der Waals surface area contributed by atoms with Crippen LogP contribution in [0.2, 0.25) is 0 Å². The average Bonchev–Trinajstić information content (AvgIpc) is 3.05. The summed E-state index contributed by atoms with van der Waals surface area (Å²) in [5.41, 5.74) is 1.59. The molecule has 0 bridgehead atoms. The number of aromatic hydroxyl groups is 1. The lowest BCUT2D eigenvalue weighted by molar-refractivity contribution is -0.141. The molecule has 1 aromatic heterocycles. The van der Waals surface area contributed by atoms with Crippen molar-refractivity contribution in [1.29, 1.82) is 0 Å². The number of amides is 1. The number of halogens is 1. The van der Waals surface area contributed by atoms with Crippen LogP contribution in [0.15, 0.2) is 47.1 Å². The lowest BCUT2D eigenvalue weighted by Crippen LogP contribution is -2.41. The number of aromatic nitrogens is 1. The van der Waals surface area contributed by atoms with Crippen molar-refractivity contribution in [3.63, 3.8) is 0 Å². The molecule has 0 spiro atoms. The SMILES string of the molecule is CC(=O)N[C@H](Cc1ccc(OC(=O)c2c[nH]c3cc(Br)c(O)cc23)cc1)C(=O)O. The highest BCUT2D eigenvalue weighted by Crippen LogP contribution is 2.31. The van der Waals surface area contributed by atoms with E-state index in [1.807, 2.05) is 0 Å². The van der Waals surface area contributed by atoms with Crippen molar-refractivity contribution in [2.75, 3.05) is 0 Å². The number of phenolic OH excluding ortho intramolecular Hbond substituents is 1. The van der Waals surface area contributed by atoms with Gasteiger partial charge in [0.15, 0.2) is 0 Å². The highest BCUT2D eigenvalue weighted by Gasteiger charge is 2.19. The van der Waals surface area contributed by atoms with Crippen LogP contribution in [0.25, 0.3) is 10.9 Å². The number of aromatic amines is 1. The van der Waals surface area contributed by atoms with E-state index in [9.17, 15) is 24.6 Å². The minimum absolute atomic E-state index is 0.00246. The van der Waals surface area contributed by atoms with Crippen LogP contribution < -0.4 is 10.1 Å². The molecule has 3 rings (SSSR count). The summed E-state index contributed by atoms with van der Waals surface area (Å²) >= 11 is 3.22. The molecule has 150 valence electrons. The monoisotopic (exact) mass is 460 g/mol. The summed E-state index contributed by atoms with van der Waals surface area (Å²) in [5.74, 6) is -1.89. The van der Waals surface area contributed by atoms with Crippen molar-refractivity contribution >= 4 is 44.7 Å². The summed E-state index contributed by atoms with van der Waals surface area (Å²) in [6.07, 6.45) is 1.60. The van der Waals surface area contributed by atoms with Gasteiger partial charge in [0.1, 0.15) is 17.5 Å². The molecule has 0 saturated carbocycles. The van der Waals surface area contributed by atoms with Crippen LogP contribution in [0.4, 0.5) is 0 Å². The molecular weight excluding hydrogens is 444 g/mol. The fraction of sp³-hybridized carbons (Fsp3) is 0.150. The van der Waals surface area contributed by atoms with E-state index in [1.165, 1.54) is 19.2 Å². The summed E-state index contributed by atoms with van der Waals surface area (Å²) in [6.45, 7) is 1.25. The molecule has 4 N–H and O–H groups in total. The summed E-state index contributed by atoms with van der Waals surface area (Å²) < 4.78 is 5.87. The molecule has 0 saturated heterocycles. The van der Waals surface area contributed by atoms with Gasteiger partial charge in [0.2, 0.25) is 5.91 Å². The molecule has 0 radical (unpaired) electrons. The highest BCUT2D eigenvalue weighted by atomic mass is 79.9. The number of nitrogens with one attached hydrogen (secondary N) is 2. The Kier molecular flexibility index (Phi) is 5.88. The van der Waals surface area contributed by atoms with Crippen LogP contribution in [-0.2, 0) is 16.0 Å². The molecule has 0 aliphatic heterocycles. The Morgan fingerprint density at radius 1 is 1.21 bits per heavy atom. The quantitative estimate of drug-likeness (QED) is 0.330. The number of aliphatic carboxylic acids is 1. The molecule has 3 aromatic rings. The summed E-state index contributed by atoms with van der Waals surface area (Å²) in [5, 5.41) is 21.9. The average molecular weight is 461 g/mol. The normalized spacial score (nSPS) is 11.8. The number of hydrogen-bond donors (Lipinski definition) is 4. The van der Waals surface area contributed by atoms with Gasteiger partial charge in [-0.25, -0.2) is 9.59 Å². The van der Waals surface area contributed by atoms with Gasteiger partial charge >= 0.3 is 11.9 Å². The van der Waals surface area contributed by atoms with E-state index >= 15 is 0 Å². The van der Waals surface area contributed by atoms with Gasteiger partial charge in [0.05, 0.1) is 10.0 Å². The Bertz CT molecular complexity index is 1090. The minimum Gasteiger partial charge on any atom is -0.507 e. The second-order valence-electron chi connectivity index (χ2n) is 6.38. The second kappa shape index (κ2) is 8.36. The Labute approximate surface area is 173 Å². The van der Waals surface area contributed by atoms with Gasteiger partial charge in [0, 0.05) is 30.4 Å². The van der Waals surface area contributed by atoms with E-state index < -0.39 is 23.9 Å². The molecule has 9 heteroatoms. The molecule has 1 amide bonds. The molecule has 0 fully saturated rings. The van der Waals surface area contributed by atoms with Gasteiger partial charge < -0.3 is 25.3 Å². The Hall–Kier alpha value is -3.33. The van der Waals surface area contributed by atoms with E-state index in [2.05, 4.69) is 26.2 Å². The van der Waals surface area contributed by atoms with Crippen molar-refractivity contribution in [3.8, 4) is 11.5 Å². The first-order valence-electron chi connectivity index (χ1n) is 8.55. The zero-order valence-corrected chi connectivity index (χ0v) is 16.8. The molecule has 0 aliphatic rings. The summed E-state index contributed by atoms with van der Waals surface area (Å²) in [6, 6.07) is 8.41. The number of rotatable bonds is 6. The third-order valence-electron chi connectivity index (χ3n) is 4.22. The van der Waals surface area contributed by atoms with Crippen molar-refractivity contribution < 1.29 is 29.3 Å². The number of esters is 1. The zero-order chi connectivity index (χ0) is 21.1. The van der Waals surface area contributed by atoms with Crippen LogP contribution in [0.1, 0.15) is 22.8 Å². The number of carbonyl (C=O) groups excluding carboxylic acids is 2. The van der Waals surface area contributed by atoms with Crippen molar-refractivity contribution in [1.82, 2.24) is 10.3 Å². The first-order chi connectivity index (χ1) is 13.7. The third kappa shape index (κ3) is 4.75. The third-order valence-corrected chi connectivity index (χ3v) is 4.85. The van der Waals surface area contributed by atoms with Gasteiger partial charge in [-0.3, -0.25) is 4.79 Å². The van der Waals surface area contributed by atoms with E-state index in [4.69, 9.17) is 4.74 Å². The van der Waals surface area contributed by atoms with E-state index in [1.54, 1.807) is 30.3 Å². The number of H-pyrrole nitrogens is 1. The van der Waals surface area contributed by atoms with Crippen molar-refractivity contribution in [2.24, 2.45) is 0 Å². The van der Waals surface area contributed by atoms with Gasteiger partial charge in [-0.1, -0.05) is 12.1 Å². The topological polar surface area (TPSA) is 129 Å². The maximum Gasteiger partial charge on any atom is 0.345 e. The van der Waals surface area contributed by atoms with Crippen LogP contribution in [-0.4, -0.2) is 39.1 Å². The minimum atomic E-state index is -1.13. The largest absolute Gasteiger partial charge is 0.507 e. The first kappa shape index (κ1) is 20.4. The molecule has 29 heavy (non-hydrogen) atoms. The van der Waals surface area contributed by atoms with Gasteiger partial charge in [-0.05, 0) is 45.8 Å². The van der Waals surface area contributed by atoms with Gasteiger partial charge in [0.25, 0.3) is 0 Å². The maximum atomic E-state index is 12.5. The van der Waals surface area contributed by atoms with Crippen molar-refractivity contribution in [3.05, 3.63) is 58.2 Å². The number of carboxylic acids is 1. The zero-order valence-electron chi connectivity index (χ0n) is 15.2. The fourth-order valence-corrected chi connectivity index (χ4v) is 3.18. The molecule has 8 nitrogen and oxygen atoms in total. The molecule has 0 aliphatic carbocycles. The Morgan fingerprint density at radius 2 is 1.90 bits per heavy atom. The molecule has 1 atom stereocenters. The van der Waals surface area contributed by atoms with E-state index in [0.29, 0.717) is 20.9 Å². The number of hydrogen-bond acceptors (Lipinski definition) is 5. The summed E-state index contributed by atoms with van der Waals surface area (Å²) in [4.78, 5) is 37.8. The maximum absolute atomic E-state index is 12.5. The lowest BCUT2D eigenvalue weighted by Gasteiger charge is -2.13. The van der Waals surface area contributed by atoms with Gasteiger partial charge in [-0.15, -0.1) is 0 Å². The van der Waals surface area contributed by atoms with Crippen LogP contribution in [0.5, 0.6) is 11.5 Å². The number of benzene rings is 2. The number of phenols is 1. The number of carbonyl (C=O) groups is 3. The first-order valence-corrected chi connectivity index (χ1v) is 9.34. The Balaban J connectivity index is 1.73. The highest BCUT2D eigenvalue weighted by molar-refractivity contribution is 9.10. The molecule has 0 unspecified atom stereocenters. The van der Waals surface area contributed by atoms with E-state index in [0.717, 1.165) is 0 Å². The smallest absolute Gasteiger partial charge is 0.345 e. The standard InChI is InChI=1S/C20H17BrN2O6/c1-10(24)23-17(19(26)27)6-11-2-4-12(5-3-11)29-20(28)14-9-22-16-8-15(21)18(25)7-13(14)16/h2-5,7-9,17,22,25H,6H2,1H3,(H,23,24)(H,26,27)/t17-/m1/s1. The molecule has 2 aromatic carbocycles. The van der Waals surface area contributed by atoms with Crippen LogP contribution >= 0.6 is 15.9 Å². The van der Waals surface area contributed by atoms with Crippen molar-refractivity contribution in [2.45, 2.75) is 19.4 Å². The molecule has 1 heterocycles. The number of ether oxygens (including phenoxy) is 1. The van der Waals surface area contributed by atoms with Gasteiger partial charge in [-0.2, -0.15) is 0 Å². The predicted molar refractivity (Wildman–Crippen MR) is 108 cm³/mol. The van der Waals surface area contributed by atoms with Crippen LogP contribution in [0.3, 0.4) is 0 Å².